The van der Waals surface area contributed by atoms with E-state index in [1.54, 1.807) is 12.1 Å². The molecule has 0 radical (unpaired) electrons. The van der Waals surface area contributed by atoms with Crippen molar-refractivity contribution in [2.75, 3.05) is 0 Å². The highest BCUT2D eigenvalue weighted by Crippen LogP contribution is 2.38. The largest absolute Gasteiger partial charge is 0.407 e. The van der Waals surface area contributed by atoms with E-state index in [2.05, 4.69) is 47.7 Å². The number of carbonyl (C=O) groups is 1. The molecular weight excluding hydrogens is 304 g/mol. The van der Waals surface area contributed by atoms with E-state index in [-0.39, 0.29) is 10.8 Å². The minimum atomic E-state index is -2.08. The summed E-state index contributed by atoms with van der Waals surface area (Å²) in [4.78, 5) is 12.8. The van der Waals surface area contributed by atoms with Gasteiger partial charge in [-0.1, -0.05) is 65.0 Å². The van der Waals surface area contributed by atoms with Gasteiger partial charge >= 0.3 is 0 Å². The van der Waals surface area contributed by atoms with E-state index in [4.69, 9.17) is 4.43 Å². The Bertz CT molecular complexity index is 503. The number of carbonyl (C=O) groups excluding carboxylic acids is 1. The minimum Gasteiger partial charge on any atom is -0.407 e. The summed E-state index contributed by atoms with van der Waals surface area (Å²) < 4.78 is 6.35. The van der Waals surface area contributed by atoms with Crippen LogP contribution >= 0.6 is 0 Å². The van der Waals surface area contributed by atoms with Crippen LogP contribution in [0.3, 0.4) is 0 Å². The van der Waals surface area contributed by atoms with Gasteiger partial charge < -0.3 is 9.53 Å². The fraction of sp³-hybridized carbons (Fsp3) is 0.632. The van der Waals surface area contributed by atoms with Gasteiger partial charge in [0, 0.05) is 0 Å². The summed E-state index contributed by atoms with van der Waals surface area (Å²) in [6, 6.07) is 9.09. The number of ketones is 1. The number of aliphatic hydroxyl groups excluding tert-OH is 1. The van der Waals surface area contributed by atoms with Gasteiger partial charge in [-0.2, -0.15) is 0 Å². The number of aliphatic hydroxyl groups is 1. The van der Waals surface area contributed by atoms with Gasteiger partial charge in [0.15, 0.2) is 14.1 Å². The zero-order valence-corrected chi connectivity index (χ0v) is 16.6. The van der Waals surface area contributed by atoms with Crippen LogP contribution < -0.4 is 0 Å². The van der Waals surface area contributed by atoms with Crippen molar-refractivity contribution in [1.29, 1.82) is 0 Å². The van der Waals surface area contributed by atoms with Crippen LogP contribution in [0.25, 0.3) is 0 Å². The summed E-state index contributed by atoms with van der Waals surface area (Å²) in [6.45, 7) is 14.9. The standard InChI is InChI=1S/C19H32O3Si/c1-14(2)13-16(22-23(6,7)19(3,4)5)18(21)17(20)15-11-9-8-10-12-15/h8-12,14,16-17,20H,13H2,1-7H3/t16-,17-/m1/s1. The fourth-order valence-corrected chi connectivity index (χ4v) is 3.44. The highest BCUT2D eigenvalue weighted by Gasteiger charge is 2.41. The summed E-state index contributed by atoms with van der Waals surface area (Å²) in [7, 11) is -2.08. The van der Waals surface area contributed by atoms with Crippen molar-refractivity contribution in [3.63, 3.8) is 0 Å². The van der Waals surface area contributed by atoms with Crippen LogP contribution in [0, 0.1) is 5.92 Å². The summed E-state index contributed by atoms with van der Waals surface area (Å²) in [6.07, 6.45) is -1.04. The topological polar surface area (TPSA) is 46.5 Å². The van der Waals surface area contributed by atoms with Gasteiger partial charge in [0.25, 0.3) is 0 Å². The Morgan fingerprint density at radius 2 is 1.70 bits per heavy atom. The highest BCUT2D eigenvalue weighted by atomic mass is 28.4. The first kappa shape index (κ1) is 20.1. The lowest BCUT2D eigenvalue weighted by Gasteiger charge is -2.39. The van der Waals surface area contributed by atoms with Crippen molar-refractivity contribution in [2.45, 2.75) is 71.4 Å². The van der Waals surface area contributed by atoms with E-state index in [9.17, 15) is 9.90 Å². The molecule has 0 amide bonds. The fourth-order valence-electron chi connectivity index (χ4n) is 2.16. The molecule has 130 valence electrons. The summed E-state index contributed by atoms with van der Waals surface area (Å²) in [5, 5.41) is 10.5. The Hall–Kier alpha value is -0.973. The van der Waals surface area contributed by atoms with Gasteiger partial charge in [0.1, 0.15) is 12.2 Å². The second kappa shape index (κ2) is 7.73. The van der Waals surface area contributed by atoms with Crippen molar-refractivity contribution in [2.24, 2.45) is 5.92 Å². The van der Waals surface area contributed by atoms with Gasteiger partial charge in [-0.15, -0.1) is 0 Å². The molecule has 0 bridgehead atoms. The molecule has 4 heteroatoms. The molecule has 0 spiro atoms. The molecular formula is C19H32O3Si. The first-order chi connectivity index (χ1) is 10.5. The van der Waals surface area contributed by atoms with Gasteiger partial charge in [-0.05, 0) is 36.0 Å². The van der Waals surface area contributed by atoms with Crippen LogP contribution in [0.4, 0.5) is 0 Å². The van der Waals surface area contributed by atoms with Crippen molar-refractivity contribution in [3.8, 4) is 0 Å². The first-order valence-electron chi connectivity index (χ1n) is 8.40. The van der Waals surface area contributed by atoms with Crippen molar-refractivity contribution in [3.05, 3.63) is 35.9 Å². The molecule has 0 heterocycles. The normalized spacial score (nSPS) is 15.5. The zero-order valence-electron chi connectivity index (χ0n) is 15.6. The van der Waals surface area contributed by atoms with Gasteiger partial charge in [-0.3, -0.25) is 4.79 Å². The molecule has 0 fully saturated rings. The maximum Gasteiger partial charge on any atom is 0.193 e. The summed E-state index contributed by atoms with van der Waals surface area (Å²) >= 11 is 0. The zero-order chi connectivity index (χ0) is 17.8. The summed E-state index contributed by atoms with van der Waals surface area (Å²) in [5.41, 5.74) is 0.630. The molecule has 0 saturated carbocycles. The van der Waals surface area contributed by atoms with Gasteiger partial charge in [-0.25, -0.2) is 0 Å². The smallest absolute Gasteiger partial charge is 0.193 e. The molecule has 3 nitrogen and oxygen atoms in total. The molecule has 2 atom stereocenters. The number of hydrogen-bond donors (Lipinski definition) is 1. The van der Waals surface area contributed by atoms with E-state index < -0.39 is 20.5 Å². The van der Waals surface area contributed by atoms with E-state index >= 15 is 0 Å². The van der Waals surface area contributed by atoms with E-state index in [0.717, 1.165) is 0 Å². The predicted molar refractivity (Wildman–Crippen MR) is 97.9 cm³/mol. The molecule has 0 aliphatic heterocycles. The Morgan fingerprint density at radius 3 is 2.13 bits per heavy atom. The van der Waals surface area contributed by atoms with Crippen LogP contribution in [-0.4, -0.2) is 25.3 Å². The Balaban J connectivity index is 3.00. The second-order valence-electron chi connectivity index (χ2n) is 8.21. The molecule has 0 unspecified atom stereocenters. The maximum atomic E-state index is 12.8. The number of hydrogen-bond acceptors (Lipinski definition) is 3. The van der Waals surface area contributed by atoms with Crippen molar-refractivity contribution >= 4 is 14.1 Å². The Morgan fingerprint density at radius 1 is 1.17 bits per heavy atom. The summed E-state index contributed by atoms with van der Waals surface area (Å²) in [5.74, 6) is 0.103. The molecule has 1 rings (SSSR count). The molecule has 0 aromatic heterocycles. The van der Waals surface area contributed by atoms with E-state index in [1.165, 1.54) is 0 Å². The third-order valence-corrected chi connectivity index (χ3v) is 9.12. The third kappa shape index (κ3) is 5.55. The van der Waals surface area contributed by atoms with E-state index in [1.807, 2.05) is 18.2 Å². The van der Waals surface area contributed by atoms with Gasteiger partial charge in [0.2, 0.25) is 0 Å². The number of benzene rings is 1. The maximum absolute atomic E-state index is 12.8. The number of Topliss-reactive ketones (excluding diaryl/α,β-unsaturated/α-hetero) is 1. The Labute approximate surface area is 142 Å². The van der Waals surface area contributed by atoms with E-state index in [0.29, 0.717) is 17.9 Å². The minimum absolute atomic E-state index is 0.0280. The van der Waals surface area contributed by atoms with Crippen molar-refractivity contribution < 1.29 is 14.3 Å². The van der Waals surface area contributed by atoms with Gasteiger partial charge in [0.05, 0.1) is 0 Å². The highest BCUT2D eigenvalue weighted by molar-refractivity contribution is 6.74. The molecule has 1 aromatic rings. The van der Waals surface area contributed by atoms with Crippen LogP contribution in [0.15, 0.2) is 30.3 Å². The average Bonchev–Trinajstić information content (AvgIpc) is 2.44. The lowest BCUT2D eigenvalue weighted by molar-refractivity contribution is -0.135. The van der Waals surface area contributed by atoms with Crippen LogP contribution in [0.1, 0.15) is 52.7 Å². The molecule has 0 aliphatic carbocycles. The lowest BCUT2D eigenvalue weighted by atomic mass is 9.96. The Kier molecular flexibility index (Phi) is 6.75. The molecule has 23 heavy (non-hydrogen) atoms. The third-order valence-electron chi connectivity index (χ3n) is 4.63. The van der Waals surface area contributed by atoms with Crippen molar-refractivity contribution in [1.82, 2.24) is 0 Å². The SMILES string of the molecule is CC(C)C[C@@H](O[Si](C)(C)C(C)(C)C)C(=O)[C@H](O)c1ccccc1. The second-order valence-corrected chi connectivity index (χ2v) is 13.0. The van der Waals surface area contributed by atoms with Crippen LogP contribution in [-0.2, 0) is 9.22 Å². The monoisotopic (exact) mass is 336 g/mol. The first-order valence-corrected chi connectivity index (χ1v) is 11.3. The predicted octanol–water partition coefficient (Wildman–Crippen LogP) is 4.73. The molecule has 1 aromatic carbocycles. The molecule has 0 aliphatic rings. The van der Waals surface area contributed by atoms with Crippen LogP contribution in [0.2, 0.25) is 18.1 Å². The lowest BCUT2D eigenvalue weighted by Crippen LogP contribution is -2.47. The van der Waals surface area contributed by atoms with Crippen LogP contribution in [0.5, 0.6) is 0 Å². The quantitative estimate of drug-likeness (QED) is 0.732. The molecule has 1 N–H and O–H groups in total. The molecule has 0 saturated heterocycles. The average molecular weight is 337 g/mol. The number of rotatable bonds is 7.